The number of ether oxygens (including phenoxy) is 1. The van der Waals surface area contributed by atoms with Gasteiger partial charge < -0.3 is 13.9 Å². The summed E-state index contributed by atoms with van der Waals surface area (Å²) in [5, 5.41) is 0.628. The summed E-state index contributed by atoms with van der Waals surface area (Å²) in [5.41, 5.74) is 2.83. The van der Waals surface area contributed by atoms with Gasteiger partial charge >= 0.3 is 6.18 Å². The largest absolute Gasteiger partial charge is 0.480 e. The monoisotopic (exact) mass is 653 g/mol. The van der Waals surface area contributed by atoms with Crippen molar-refractivity contribution in [3.05, 3.63) is 88.4 Å². The van der Waals surface area contributed by atoms with Crippen LogP contribution in [-0.4, -0.2) is 50.7 Å². The van der Waals surface area contributed by atoms with Crippen LogP contribution in [0.4, 0.5) is 13.2 Å². The number of hydrogen-bond donors (Lipinski definition) is 0. The number of nitrogens with zero attached hydrogens (tertiary/aromatic N) is 9. The fourth-order valence-electron chi connectivity index (χ4n) is 6.03. The van der Waals surface area contributed by atoms with Crippen LogP contribution in [0.2, 0.25) is 0 Å². The summed E-state index contributed by atoms with van der Waals surface area (Å²) in [5.74, 6) is 1.98. The summed E-state index contributed by atoms with van der Waals surface area (Å²) in [6.45, 7) is 1.99. The minimum absolute atomic E-state index is 0.00846. The standard InChI is InChI=1S/C34H30F3N9O2/c1-18-41-25(15-44(18)2)24-12-22-13-38-29(27-28(20-8-9-20)39-17-40-32(27)48-3)43-31(22)46(33(24)47)14-19-4-6-21(7-5-19)30-42-26(34(35,36)37)16-45(30)23-10-11-23/h4-7,12-13,15-17,20,23H,8-11,14H2,1-3H3. The zero-order chi connectivity index (χ0) is 33.3. The number of benzene rings is 1. The van der Waals surface area contributed by atoms with Crippen molar-refractivity contribution in [2.75, 3.05) is 7.11 Å². The number of alkyl halides is 3. The Morgan fingerprint density at radius 2 is 1.75 bits per heavy atom. The minimum atomic E-state index is -4.54. The van der Waals surface area contributed by atoms with E-state index < -0.39 is 11.9 Å². The Kier molecular flexibility index (Phi) is 6.93. The van der Waals surface area contributed by atoms with Crippen LogP contribution in [0, 0.1) is 6.92 Å². The van der Waals surface area contributed by atoms with Gasteiger partial charge in [0, 0.05) is 48.5 Å². The predicted molar refractivity (Wildman–Crippen MR) is 170 cm³/mol. The number of hydrogen-bond acceptors (Lipinski definition) is 8. The van der Waals surface area contributed by atoms with Crippen molar-refractivity contribution in [1.29, 1.82) is 0 Å². The van der Waals surface area contributed by atoms with Crippen molar-refractivity contribution in [2.45, 2.75) is 57.3 Å². The van der Waals surface area contributed by atoms with E-state index in [9.17, 15) is 18.0 Å². The molecule has 5 heterocycles. The Morgan fingerprint density at radius 1 is 0.979 bits per heavy atom. The second-order valence-electron chi connectivity index (χ2n) is 12.4. The van der Waals surface area contributed by atoms with Gasteiger partial charge in [0.15, 0.2) is 11.5 Å². The van der Waals surface area contributed by atoms with Gasteiger partial charge in [0.25, 0.3) is 5.56 Å². The number of imidazole rings is 2. The quantitative estimate of drug-likeness (QED) is 0.193. The van der Waals surface area contributed by atoms with Gasteiger partial charge in [-0.05, 0) is 44.2 Å². The zero-order valence-electron chi connectivity index (χ0n) is 26.4. The summed E-state index contributed by atoms with van der Waals surface area (Å²) >= 11 is 0. The van der Waals surface area contributed by atoms with E-state index in [4.69, 9.17) is 9.72 Å². The number of halogens is 3. The topological polar surface area (TPSA) is 118 Å². The maximum atomic E-state index is 14.3. The Hall–Kier alpha value is -5.40. The van der Waals surface area contributed by atoms with Crippen molar-refractivity contribution in [3.63, 3.8) is 0 Å². The molecule has 48 heavy (non-hydrogen) atoms. The Balaban J connectivity index is 1.24. The maximum absolute atomic E-state index is 14.3. The van der Waals surface area contributed by atoms with Gasteiger partial charge in [0.1, 0.15) is 29.2 Å². The third-order valence-corrected chi connectivity index (χ3v) is 8.95. The van der Waals surface area contributed by atoms with Crippen molar-refractivity contribution in [2.24, 2.45) is 7.05 Å². The summed E-state index contributed by atoms with van der Waals surface area (Å²) in [6.07, 6.45) is 5.12. The number of aromatic nitrogens is 9. The summed E-state index contributed by atoms with van der Waals surface area (Å²) in [6, 6.07) is 8.83. The first-order valence-electron chi connectivity index (χ1n) is 15.6. The number of rotatable bonds is 8. The first kappa shape index (κ1) is 30.0. The van der Waals surface area contributed by atoms with Crippen molar-refractivity contribution >= 4 is 11.0 Å². The summed E-state index contributed by atoms with van der Waals surface area (Å²) in [7, 11) is 3.40. The number of aryl methyl sites for hydroxylation is 2. The van der Waals surface area contributed by atoms with Crippen LogP contribution < -0.4 is 10.3 Å². The van der Waals surface area contributed by atoms with Gasteiger partial charge in [-0.1, -0.05) is 24.3 Å². The van der Waals surface area contributed by atoms with E-state index in [1.165, 1.54) is 13.4 Å². The van der Waals surface area contributed by atoms with E-state index in [1.54, 1.807) is 51.9 Å². The third-order valence-electron chi connectivity index (χ3n) is 8.95. The number of methoxy groups -OCH3 is 1. The van der Waals surface area contributed by atoms with E-state index >= 15 is 0 Å². The van der Waals surface area contributed by atoms with Crippen molar-refractivity contribution in [3.8, 4) is 39.9 Å². The molecule has 14 heteroatoms. The van der Waals surface area contributed by atoms with Gasteiger partial charge in [-0.25, -0.2) is 29.9 Å². The van der Waals surface area contributed by atoms with Crippen molar-refractivity contribution < 1.29 is 17.9 Å². The van der Waals surface area contributed by atoms with Crippen LogP contribution >= 0.6 is 0 Å². The molecule has 11 nitrogen and oxygen atoms in total. The zero-order valence-corrected chi connectivity index (χ0v) is 26.4. The average Bonchev–Trinajstić information content (AvgIpc) is 4.02. The highest BCUT2D eigenvalue weighted by atomic mass is 19.4. The van der Waals surface area contributed by atoms with E-state index in [0.717, 1.165) is 49.0 Å². The molecule has 8 rings (SSSR count). The molecule has 0 N–H and O–H groups in total. The molecule has 0 aliphatic heterocycles. The highest BCUT2D eigenvalue weighted by molar-refractivity contribution is 5.82. The van der Waals surface area contributed by atoms with E-state index in [1.807, 2.05) is 18.5 Å². The molecule has 5 aromatic heterocycles. The lowest BCUT2D eigenvalue weighted by atomic mass is 10.1. The van der Waals surface area contributed by atoms with Gasteiger partial charge in [-0.3, -0.25) is 9.36 Å². The number of pyridine rings is 1. The molecule has 0 unspecified atom stereocenters. The third kappa shape index (κ3) is 5.30. The van der Waals surface area contributed by atoms with Gasteiger partial charge in [0.2, 0.25) is 5.88 Å². The second-order valence-corrected chi connectivity index (χ2v) is 12.4. The molecule has 0 radical (unpaired) electrons. The molecule has 0 amide bonds. The van der Waals surface area contributed by atoms with Gasteiger partial charge in [-0.15, -0.1) is 0 Å². The number of fused-ring (bicyclic) bond motifs is 1. The molecule has 6 aromatic rings. The van der Waals surface area contributed by atoms with Gasteiger partial charge in [0.05, 0.1) is 30.6 Å². The molecule has 2 saturated carbocycles. The molecule has 2 aliphatic rings. The van der Waals surface area contributed by atoms with Crippen LogP contribution in [-0.2, 0) is 19.8 Å². The van der Waals surface area contributed by atoms with E-state index in [2.05, 4.69) is 24.9 Å². The molecular formula is C34H30F3N9O2. The highest BCUT2D eigenvalue weighted by Gasteiger charge is 2.37. The second kappa shape index (κ2) is 11.1. The summed E-state index contributed by atoms with van der Waals surface area (Å²) in [4.78, 5) is 41.2. The van der Waals surface area contributed by atoms with Gasteiger partial charge in [-0.2, -0.15) is 13.2 Å². The summed E-state index contributed by atoms with van der Waals surface area (Å²) < 4.78 is 51.2. The van der Waals surface area contributed by atoms with E-state index in [-0.39, 0.29) is 29.9 Å². The maximum Gasteiger partial charge on any atom is 0.434 e. The molecular weight excluding hydrogens is 623 g/mol. The molecule has 0 atom stereocenters. The molecule has 0 saturated heterocycles. The molecule has 0 bridgehead atoms. The lowest BCUT2D eigenvalue weighted by Crippen LogP contribution is -2.24. The Morgan fingerprint density at radius 3 is 2.40 bits per heavy atom. The van der Waals surface area contributed by atoms with Crippen LogP contribution in [0.15, 0.2) is 60.0 Å². The molecule has 244 valence electrons. The minimum Gasteiger partial charge on any atom is -0.480 e. The van der Waals surface area contributed by atoms with Crippen LogP contribution in [0.5, 0.6) is 5.88 Å². The fraction of sp³-hybridized carbons (Fsp3) is 0.324. The Bertz CT molecular complexity index is 2240. The van der Waals surface area contributed by atoms with Crippen LogP contribution in [0.3, 0.4) is 0 Å². The SMILES string of the molecule is COc1ncnc(C2CC2)c1-c1ncc2cc(-c3cn(C)c(C)n3)c(=O)n(Cc3ccc(-c4nc(C(F)(F)F)cn4C4CC4)cc3)c2n1. The first-order chi connectivity index (χ1) is 23.1. The fourth-order valence-corrected chi connectivity index (χ4v) is 6.03. The van der Waals surface area contributed by atoms with Crippen LogP contribution in [0.25, 0.3) is 45.1 Å². The molecule has 2 aliphatic carbocycles. The molecule has 1 aromatic carbocycles. The molecule has 2 fully saturated rings. The lowest BCUT2D eigenvalue weighted by molar-refractivity contribution is -0.140. The smallest absolute Gasteiger partial charge is 0.434 e. The van der Waals surface area contributed by atoms with E-state index in [0.29, 0.717) is 45.1 Å². The average molecular weight is 654 g/mol. The normalized spacial score (nSPS) is 15.0. The van der Waals surface area contributed by atoms with Crippen LogP contribution in [0.1, 0.15) is 60.4 Å². The highest BCUT2D eigenvalue weighted by Crippen LogP contribution is 2.45. The lowest BCUT2D eigenvalue weighted by Gasteiger charge is -2.15. The van der Waals surface area contributed by atoms with Crippen molar-refractivity contribution in [1.82, 2.24) is 43.6 Å². The molecule has 0 spiro atoms. The first-order valence-corrected chi connectivity index (χ1v) is 15.6. The Labute approximate surface area is 272 Å². The predicted octanol–water partition coefficient (Wildman–Crippen LogP) is 6.11.